The summed E-state index contributed by atoms with van der Waals surface area (Å²) in [6.07, 6.45) is 0. The number of amides is 1. The molecule has 1 amide bonds. The van der Waals surface area contributed by atoms with E-state index in [4.69, 9.17) is 17.3 Å². The first kappa shape index (κ1) is 16.2. The molecule has 0 bridgehead atoms. The van der Waals surface area contributed by atoms with Gasteiger partial charge in [0.25, 0.3) is 5.91 Å². The van der Waals surface area contributed by atoms with Crippen LogP contribution in [-0.2, 0) is 0 Å². The van der Waals surface area contributed by atoms with Crippen LogP contribution in [-0.4, -0.2) is 18.0 Å². The summed E-state index contributed by atoms with van der Waals surface area (Å²) in [5, 5.41) is 3.30. The van der Waals surface area contributed by atoms with Gasteiger partial charge in [-0.3, -0.25) is 4.79 Å². The SMILES string of the molecule is Cc1ccc(C(=O)NC(C)(C)CN)c(Cl)c1.Cl. The van der Waals surface area contributed by atoms with Gasteiger partial charge in [-0.05, 0) is 38.5 Å². The molecule has 0 aliphatic rings. The monoisotopic (exact) mass is 276 g/mol. The number of hydrogen-bond donors (Lipinski definition) is 2. The number of halogens is 2. The number of aryl methyl sites for hydroxylation is 1. The summed E-state index contributed by atoms with van der Waals surface area (Å²) < 4.78 is 0. The second kappa shape index (κ2) is 6.24. The lowest BCUT2D eigenvalue weighted by Crippen LogP contribution is -2.48. The zero-order valence-corrected chi connectivity index (χ0v) is 11.8. The number of rotatable bonds is 3. The quantitative estimate of drug-likeness (QED) is 0.892. The molecule has 0 spiro atoms. The van der Waals surface area contributed by atoms with E-state index in [0.29, 0.717) is 17.1 Å². The molecule has 96 valence electrons. The number of carbonyl (C=O) groups is 1. The van der Waals surface area contributed by atoms with Crippen molar-refractivity contribution in [2.75, 3.05) is 6.54 Å². The van der Waals surface area contributed by atoms with Crippen LogP contribution in [0, 0.1) is 6.92 Å². The zero-order valence-electron chi connectivity index (χ0n) is 10.2. The molecule has 0 fully saturated rings. The summed E-state index contributed by atoms with van der Waals surface area (Å²) in [7, 11) is 0. The zero-order chi connectivity index (χ0) is 12.3. The second-order valence-electron chi connectivity index (χ2n) is 4.53. The van der Waals surface area contributed by atoms with E-state index in [9.17, 15) is 4.79 Å². The maximum atomic E-state index is 11.9. The maximum absolute atomic E-state index is 11.9. The summed E-state index contributed by atoms with van der Waals surface area (Å²) >= 11 is 6.00. The van der Waals surface area contributed by atoms with E-state index in [2.05, 4.69) is 5.32 Å². The molecule has 3 nitrogen and oxygen atoms in total. The van der Waals surface area contributed by atoms with E-state index < -0.39 is 5.54 Å². The van der Waals surface area contributed by atoms with Gasteiger partial charge in [-0.25, -0.2) is 0 Å². The molecule has 0 aliphatic carbocycles. The molecule has 1 aromatic rings. The van der Waals surface area contributed by atoms with Gasteiger partial charge in [0.1, 0.15) is 0 Å². The molecule has 0 atom stereocenters. The van der Waals surface area contributed by atoms with Crippen LogP contribution in [0.15, 0.2) is 18.2 Å². The first-order chi connectivity index (χ1) is 7.35. The van der Waals surface area contributed by atoms with Gasteiger partial charge in [-0.2, -0.15) is 0 Å². The van der Waals surface area contributed by atoms with Crippen LogP contribution >= 0.6 is 24.0 Å². The van der Waals surface area contributed by atoms with Crippen molar-refractivity contribution in [3.8, 4) is 0 Å². The highest BCUT2D eigenvalue weighted by Gasteiger charge is 2.20. The standard InChI is InChI=1S/C12H17ClN2O.ClH/c1-8-4-5-9(10(13)6-8)11(16)15-12(2,3)7-14;/h4-6H,7,14H2,1-3H3,(H,15,16);1H. The Morgan fingerprint density at radius 2 is 2.06 bits per heavy atom. The smallest absolute Gasteiger partial charge is 0.253 e. The highest BCUT2D eigenvalue weighted by molar-refractivity contribution is 6.33. The van der Waals surface area contributed by atoms with Crippen LogP contribution in [0.3, 0.4) is 0 Å². The van der Waals surface area contributed by atoms with Crippen molar-refractivity contribution in [3.05, 3.63) is 34.3 Å². The molecule has 0 aromatic heterocycles. The molecule has 0 radical (unpaired) electrons. The van der Waals surface area contributed by atoms with Crippen LogP contribution in [0.2, 0.25) is 5.02 Å². The fourth-order valence-electron chi connectivity index (χ4n) is 1.23. The highest BCUT2D eigenvalue weighted by Crippen LogP contribution is 2.18. The Kier molecular flexibility index (Phi) is 5.96. The van der Waals surface area contributed by atoms with Gasteiger partial charge in [0.05, 0.1) is 10.6 Å². The third-order valence-electron chi connectivity index (χ3n) is 2.33. The number of hydrogen-bond acceptors (Lipinski definition) is 2. The minimum Gasteiger partial charge on any atom is -0.346 e. The maximum Gasteiger partial charge on any atom is 0.253 e. The Bertz CT molecular complexity index is 405. The van der Waals surface area contributed by atoms with Crippen LogP contribution in [0.25, 0.3) is 0 Å². The van der Waals surface area contributed by atoms with Gasteiger partial charge in [-0.15, -0.1) is 12.4 Å². The molecule has 0 saturated heterocycles. The van der Waals surface area contributed by atoms with Gasteiger partial charge in [0.2, 0.25) is 0 Å². The summed E-state index contributed by atoms with van der Waals surface area (Å²) in [5.41, 5.74) is 6.63. The lowest BCUT2D eigenvalue weighted by Gasteiger charge is -2.24. The fourth-order valence-corrected chi connectivity index (χ4v) is 1.55. The molecule has 3 N–H and O–H groups in total. The van der Waals surface area contributed by atoms with Crippen molar-refractivity contribution < 1.29 is 4.79 Å². The first-order valence-corrected chi connectivity index (χ1v) is 5.52. The molecule has 0 heterocycles. The molecule has 1 aromatic carbocycles. The Morgan fingerprint density at radius 1 is 1.47 bits per heavy atom. The van der Waals surface area contributed by atoms with Crippen molar-refractivity contribution in [2.45, 2.75) is 26.3 Å². The van der Waals surface area contributed by atoms with Crippen molar-refractivity contribution in [3.63, 3.8) is 0 Å². The Balaban J connectivity index is 0.00000256. The third kappa shape index (κ3) is 4.54. The van der Waals surface area contributed by atoms with Crippen LogP contribution in [0.4, 0.5) is 0 Å². The van der Waals surface area contributed by atoms with Crippen LogP contribution in [0.5, 0.6) is 0 Å². The average Bonchev–Trinajstić information content (AvgIpc) is 2.16. The van der Waals surface area contributed by atoms with Crippen molar-refractivity contribution in [1.29, 1.82) is 0 Å². The molecular formula is C12H18Cl2N2O. The van der Waals surface area contributed by atoms with E-state index >= 15 is 0 Å². The van der Waals surface area contributed by atoms with Crippen LogP contribution in [0.1, 0.15) is 29.8 Å². The molecule has 0 unspecified atom stereocenters. The van der Waals surface area contributed by atoms with Gasteiger partial charge < -0.3 is 11.1 Å². The summed E-state index contributed by atoms with van der Waals surface area (Å²) in [5.74, 6) is -0.194. The number of carbonyl (C=O) groups excluding carboxylic acids is 1. The second-order valence-corrected chi connectivity index (χ2v) is 4.93. The average molecular weight is 277 g/mol. The van der Waals surface area contributed by atoms with Crippen molar-refractivity contribution in [1.82, 2.24) is 5.32 Å². The highest BCUT2D eigenvalue weighted by atomic mass is 35.5. The predicted molar refractivity (Wildman–Crippen MR) is 74.0 cm³/mol. The van der Waals surface area contributed by atoms with Gasteiger partial charge in [0, 0.05) is 12.1 Å². The van der Waals surface area contributed by atoms with Gasteiger partial charge in [0.15, 0.2) is 0 Å². The number of benzene rings is 1. The van der Waals surface area contributed by atoms with Crippen molar-refractivity contribution in [2.24, 2.45) is 5.73 Å². The Hall–Kier alpha value is -0.770. The fraction of sp³-hybridized carbons (Fsp3) is 0.417. The molecule has 17 heavy (non-hydrogen) atoms. The van der Waals surface area contributed by atoms with Crippen LogP contribution < -0.4 is 11.1 Å². The molecule has 1 rings (SSSR count). The summed E-state index contributed by atoms with van der Waals surface area (Å²) in [6, 6.07) is 5.35. The third-order valence-corrected chi connectivity index (χ3v) is 2.64. The molecule has 0 aliphatic heterocycles. The van der Waals surface area contributed by atoms with E-state index in [-0.39, 0.29) is 18.3 Å². The Labute approximate surface area is 113 Å². The largest absolute Gasteiger partial charge is 0.346 e. The molecular weight excluding hydrogens is 259 g/mol. The van der Waals surface area contributed by atoms with E-state index in [1.807, 2.05) is 26.8 Å². The lowest BCUT2D eigenvalue weighted by atomic mass is 10.0. The molecule has 5 heteroatoms. The van der Waals surface area contributed by atoms with Gasteiger partial charge >= 0.3 is 0 Å². The number of nitrogens with one attached hydrogen (secondary N) is 1. The van der Waals surface area contributed by atoms with Gasteiger partial charge in [-0.1, -0.05) is 17.7 Å². The summed E-state index contributed by atoms with van der Waals surface area (Å²) in [6.45, 7) is 6.04. The van der Waals surface area contributed by atoms with E-state index in [1.54, 1.807) is 12.1 Å². The number of nitrogens with two attached hydrogens (primary N) is 1. The van der Waals surface area contributed by atoms with Crippen molar-refractivity contribution >= 4 is 29.9 Å². The minimum atomic E-state index is -0.425. The molecule has 0 saturated carbocycles. The topological polar surface area (TPSA) is 55.1 Å². The lowest BCUT2D eigenvalue weighted by molar-refractivity contribution is 0.0916. The summed E-state index contributed by atoms with van der Waals surface area (Å²) in [4.78, 5) is 11.9. The van der Waals surface area contributed by atoms with E-state index in [1.165, 1.54) is 0 Å². The first-order valence-electron chi connectivity index (χ1n) is 5.14. The van der Waals surface area contributed by atoms with E-state index in [0.717, 1.165) is 5.56 Å². The Morgan fingerprint density at radius 3 is 2.53 bits per heavy atom. The normalized spacial score (nSPS) is 10.6. The predicted octanol–water partition coefficient (Wildman–Crippen LogP) is 2.54. The minimum absolute atomic E-state index is 0.